The number of allylic oxidation sites excluding steroid dienone is 24. The first-order valence-corrected chi connectivity index (χ1v) is 44.1. The second kappa shape index (κ2) is 78.1. The van der Waals surface area contributed by atoms with Crippen LogP contribution in [0.15, 0.2) is 146 Å². The van der Waals surface area contributed by atoms with E-state index in [-0.39, 0.29) is 25.7 Å². The van der Waals surface area contributed by atoms with Gasteiger partial charge in [0.05, 0.1) is 26.4 Å². The molecule has 106 heavy (non-hydrogen) atoms. The quantitative estimate of drug-likeness (QED) is 0.0169. The molecular formula is C87H146O17P2. The number of carbonyl (C=O) groups excluding carboxylic acids is 4. The summed E-state index contributed by atoms with van der Waals surface area (Å²) in [7, 11) is -9.99. The van der Waals surface area contributed by atoms with Gasteiger partial charge in [-0.15, -0.1) is 0 Å². The topological polar surface area (TPSA) is 237 Å². The summed E-state index contributed by atoms with van der Waals surface area (Å²) in [6, 6.07) is 0. The van der Waals surface area contributed by atoms with E-state index in [2.05, 4.69) is 174 Å². The number of ether oxygens (including phenoxy) is 4. The minimum Gasteiger partial charge on any atom is -0.462 e. The van der Waals surface area contributed by atoms with E-state index < -0.39 is 97.5 Å². The Bertz CT molecular complexity index is 2580. The summed E-state index contributed by atoms with van der Waals surface area (Å²) in [5.41, 5.74) is 0. The van der Waals surface area contributed by atoms with Gasteiger partial charge in [-0.1, -0.05) is 276 Å². The van der Waals surface area contributed by atoms with E-state index in [0.29, 0.717) is 32.1 Å². The second-order valence-electron chi connectivity index (χ2n) is 26.9. The summed E-state index contributed by atoms with van der Waals surface area (Å²) >= 11 is 0. The Morgan fingerprint density at radius 2 is 0.491 bits per heavy atom. The maximum Gasteiger partial charge on any atom is 0.472 e. The fourth-order valence-corrected chi connectivity index (χ4v) is 12.1. The molecule has 19 heteroatoms. The smallest absolute Gasteiger partial charge is 0.462 e. The van der Waals surface area contributed by atoms with Crippen molar-refractivity contribution in [3.8, 4) is 0 Å². The first-order valence-electron chi connectivity index (χ1n) is 41.1. The number of phosphoric ester groups is 2. The number of hydrogen-bond donors (Lipinski definition) is 3. The molecule has 17 nitrogen and oxygen atoms in total. The van der Waals surface area contributed by atoms with Gasteiger partial charge in [0.15, 0.2) is 12.2 Å². The number of aliphatic hydroxyl groups is 1. The molecule has 0 aliphatic heterocycles. The van der Waals surface area contributed by atoms with Gasteiger partial charge in [0.25, 0.3) is 0 Å². The van der Waals surface area contributed by atoms with Crippen LogP contribution in [0.5, 0.6) is 0 Å². The highest BCUT2D eigenvalue weighted by Crippen LogP contribution is 2.45. The second-order valence-corrected chi connectivity index (χ2v) is 29.8. The summed E-state index contributed by atoms with van der Waals surface area (Å²) in [4.78, 5) is 73.1. The zero-order chi connectivity index (χ0) is 77.4. The van der Waals surface area contributed by atoms with E-state index in [0.717, 1.165) is 180 Å². The van der Waals surface area contributed by atoms with Crippen molar-refractivity contribution in [1.29, 1.82) is 0 Å². The van der Waals surface area contributed by atoms with E-state index in [1.54, 1.807) is 0 Å². The van der Waals surface area contributed by atoms with Gasteiger partial charge in [-0.25, -0.2) is 9.13 Å². The molecule has 0 aromatic carbocycles. The predicted octanol–water partition coefficient (Wildman–Crippen LogP) is 24.2. The van der Waals surface area contributed by atoms with Crippen LogP contribution in [0.25, 0.3) is 0 Å². The molecule has 0 saturated heterocycles. The van der Waals surface area contributed by atoms with Gasteiger partial charge in [-0.3, -0.25) is 37.3 Å². The molecular weight excluding hydrogens is 1380 g/mol. The number of unbranched alkanes of at least 4 members (excludes halogenated alkanes) is 26. The molecule has 0 aliphatic carbocycles. The van der Waals surface area contributed by atoms with E-state index in [9.17, 15) is 43.2 Å². The van der Waals surface area contributed by atoms with Gasteiger partial charge in [-0.2, -0.15) is 0 Å². The lowest BCUT2D eigenvalue weighted by Crippen LogP contribution is -2.30. The molecule has 0 radical (unpaired) electrons. The van der Waals surface area contributed by atoms with Gasteiger partial charge in [-0.05, 0) is 167 Å². The summed E-state index contributed by atoms with van der Waals surface area (Å²) in [6.45, 7) is 4.53. The largest absolute Gasteiger partial charge is 0.472 e. The van der Waals surface area contributed by atoms with E-state index in [1.807, 2.05) is 0 Å². The molecule has 606 valence electrons. The third-order valence-corrected chi connectivity index (χ3v) is 18.7. The Kier molecular flexibility index (Phi) is 74.3. The molecule has 0 rings (SSSR count). The number of esters is 4. The van der Waals surface area contributed by atoms with Gasteiger partial charge in [0.1, 0.15) is 19.3 Å². The van der Waals surface area contributed by atoms with Crippen LogP contribution in [0.1, 0.15) is 323 Å². The van der Waals surface area contributed by atoms with Crippen molar-refractivity contribution in [3.05, 3.63) is 146 Å². The van der Waals surface area contributed by atoms with Crippen LogP contribution in [0.3, 0.4) is 0 Å². The Morgan fingerprint density at radius 1 is 0.274 bits per heavy atom. The van der Waals surface area contributed by atoms with Crippen molar-refractivity contribution in [3.63, 3.8) is 0 Å². The van der Waals surface area contributed by atoms with Crippen molar-refractivity contribution in [2.45, 2.75) is 341 Å². The molecule has 5 atom stereocenters. The summed E-state index contributed by atoms with van der Waals surface area (Å²) in [6.07, 6.45) is 89.6. The van der Waals surface area contributed by atoms with Crippen LogP contribution < -0.4 is 0 Å². The number of aliphatic hydroxyl groups excluding tert-OH is 1. The minimum absolute atomic E-state index is 0.0325. The highest BCUT2D eigenvalue weighted by molar-refractivity contribution is 7.47. The fraction of sp³-hybridized carbons (Fsp3) is 0.678. The number of phosphoric acid groups is 2. The lowest BCUT2D eigenvalue weighted by molar-refractivity contribution is -0.161. The molecule has 0 aromatic rings. The summed E-state index contributed by atoms with van der Waals surface area (Å²) < 4.78 is 68.6. The maximum absolute atomic E-state index is 13.1. The average Bonchev–Trinajstić information content (AvgIpc) is 0.928. The lowest BCUT2D eigenvalue weighted by atomic mass is 10.1. The van der Waals surface area contributed by atoms with Gasteiger partial charge in [0.2, 0.25) is 0 Å². The zero-order valence-corrected chi connectivity index (χ0v) is 68.1. The Hall–Kier alpha value is -5.06. The lowest BCUT2D eigenvalue weighted by Gasteiger charge is -2.21. The third kappa shape index (κ3) is 77.1. The van der Waals surface area contributed by atoms with Crippen LogP contribution in [-0.4, -0.2) is 96.7 Å². The zero-order valence-electron chi connectivity index (χ0n) is 66.3. The number of hydrogen-bond acceptors (Lipinski definition) is 15. The monoisotopic (exact) mass is 1530 g/mol. The molecule has 0 fully saturated rings. The van der Waals surface area contributed by atoms with E-state index in [4.69, 9.17) is 37.0 Å². The van der Waals surface area contributed by atoms with Crippen LogP contribution in [0.4, 0.5) is 0 Å². The molecule has 5 unspecified atom stereocenters. The van der Waals surface area contributed by atoms with E-state index >= 15 is 0 Å². The number of rotatable bonds is 76. The van der Waals surface area contributed by atoms with Crippen LogP contribution in [0, 0.1) is 0 Å². The van der Waals surface area contributed by atoms with Crippen LogP contribution in [-0.2, 0) is 65.4 Å². The molecule has 0 spiro atoms. The van der Waals surface area contributed by atoms with Crippen molar-refractivity contribution >= 4 is 39.5 Å². The number of carbonyl (C=O) groups is 4. The summed E-state index contributed by atoms with van der Waals surface area (Å²) in [5, 5.41) is 10.7. The molecule has 3 N–H and O–H groups in total. The molecule has 0 aromatic heterocycles. The summed E-state index contributed by atoms with van der Waals surface area (Å²) in [5.74, 6) is -2.27. The Labute approximate surface area is 643 Å². The van der Waals surface area contributed by atoms with Crippen molar-refractivity contribution in [1.82, 2.24) is 0 Å². The van der Waals surface area contributed by atoms with Gasteiger partial charge < -0.3 is 33.8 Å². The molecule has 0 bridgehead atoms. The Morgan fingerprint density at radius 3 is 0.802 bits per heavy atom. The fourth-order valence-electron chi connectivity index (χ4n) is 10.6. The predicted molar refractivity (Wildman–Crippen MR) is 436 cm³/mol. The molecule has 0 amide bonds. The standard InChI is InChI=1S/C87H146O17P2/c1-5-9-13-17-21-25-29-33-37-39-40-42-46-48-52-56-60-64-68-72-85(90)98-78-83(104-87(92)74-70-66-62-58-54-50-44-36-32-28-24-20-16-12-8-4)80-102-106(95,96)100-76-81(88)75-99-105(93,94)101-79-82(103-86(91)73-69-65-61-57-53-49-43-35-31-27-23-19-15-11-7-3)77-97-84(89)71-67-63-59-55-51-47-45-41-38-34-30-26-22-18-14-10-6-2/h10-11,14-15,21-23,25-27,33-38,40,42-45,47,53,57,81-83,88H,5-9,12-13,16-20,24,28-32,39,41,46,48-52,54-56,58-80H2,1-4H3,(H,93,94)(H,95,96)/b14-10-,15-11-,25-21-,26-22-,27-23-,37-33-,38-34-,42-40-,43-35-,44-36-,47-45-,57-53-. The highest BCUT2D eigenvalue weighted by atomic mass is 31.2. The van der Waals surface area contributed by atoms with E-state index in [1.165, 1.54) is 57.8 Å². The Balaban J connectivity index is 5.43. The van der Waals surface area contributed by atoms with Crippen LogP contribution >= 0.6 is 15.6 Å². The van der Waals surface area contributed by atoms with Crippen molar-refractivity contribution < 1.29 is 80.2 Å². The first kappa shape index (κ1) is 101. The van der Waals surface area contributed by atoms with Crippen molar-refractivity contribution in [2.24, 2.45) is 0 Å². The highest BCUT2D eigenvalue weighted by Gasteiger charge is 2.30. The maximum atomic E-state index is 13.1. The molecule has 0 aliphatic rings. The normalized spacial score (nSPS) is 14.6. The first-order chi connectivity index (χ1) is 51.7. The molecule has 0 saturated carbocycles. The van der Waals surface area contributed by atoms with Crippen molar-refractivity contribution in [2.75, 3.05) is 39.6 Å². The van der Waals surface area contributed by atoms with Gasteiger partial charge in [0, 0.05) is 25.7 Å². The van der Waals surface area contributed by atoms with Crippen LogP contribution in [0.2, 0.25) is 0 Å². The average molecular weight is 1530 g/mol. The third-order valence-electron chi connectivity index (χ3n) is 16.8. The molecule has 0 heterocycles. The SMILES string of the molecule is CC/C=C\C/C=C\C/C=C\C/C=C\CCCCCCC(=O)OCC(COP(=O)(O)OCC(O)COP(=O)(O)OCC(COC(=O)CCCCCCCC/C=C\C/C=C\C/C=C\CCCCC)OC(=O)CCCCCCC/C=C\CCCCCCCC)OC(=O)CCCC/C=C\C/C=C\C/C=C\C/C=C\CC. The van der Waals surface area contributed by atoms with Gasteiger partial charge >= 0.3 is 39.5 Å². The minimum atomic E-state index is -5.00.